The first kappa shape index (κ1) is 31.0. The molecule has 2 aromatic heterocycles. The van der Waals surface area contributed by atoms with Gasteiger partial charge in [0.25, 0.3) is 0 Å². The molecule has 10 nitrogen and oxygen atoms in total. The van der Waals surface area contributed by atoms with Crippen LogP contribution in [0, 0.1) is 18.7 Å². The number of amides is 3. The van der Waals surface area contributed by atoms with Gasteiger partial charge in [0.15, 0.2) is 0 Å². The molecule has 6 rings (SSSR count). The van der Waals surface area contributed by atoms with Crippen LogP contribution in [0.2, 0.25) is 0 Å². The molecule has 14 heteroatoms. The topological polar surface area (TPSA) is 93.2 Å². The van der Waals surface area contributed by atoms with E-state index < -0.39 is 41.3 Å². The van der Waals surface area contributed by atoms with Crippen molar-refractivity contribution in [1.82, 2.24) is 14.9 Å². The normalized spacial score (nSPS) is 20.3. The molecule has 3 amide bonds. The maximum absolute atomic E-state index is 15.7. The van der Waals surface area contributed by atoms with Gasteiger partial charge in [-0.15, -0.1) is 0 Å². The number of halogens is 4. The van der Waals surface area contributed by atoms with Gasteiger partial charge in [0.1, 0.15) is 29.2 Å². The molecule has 0 bridgehead atoms. The lowest BCUT2D eigenvalue weighted by Gasteiger charge is -2.39. The van der Waals surface area contributed by atoms with E-state index in [2.05, 4.69) is 16.5 Å². The number of benzene rings is 1. The number of fused-ring (bicyclic) bond motifs is 2. The summed E-state index contributed by atoms with van der Waals surface area (Å²) in [5.41, 5.74) is -0.0479. The van der Waals surface area contributed by atoms with Crippen LogP contribution in [0.4, 0.5) is 46.3 Å². The van der Waals surface area contributed by atoms with E-state index >= 15 is 4.39 Å². The Labute approximate surface area is 262 Å². The SMILES string of the molecule is C=CC(=O)N1CCN(c2cc(N3C[C@H]4CC(=O)N(c5cc(C(F)(F)F)cc(C)n5)[C@@H]4C(=O)N(C)c4cccc(F)c43)ccn2)CC1. The van der Waals surface area contributed by atoms with Crippen LogP contribution in [0.25, 0.3) is 0 Å². The van der Waals surface area contributed by atoms with E-state index in [-0.39, 0.29) is 41.8 Å². The number of anilines is 5. The lowest BCUT2D eigenvalue weighted by Crippen LogP contribution is -2.52. The maximum atomic E-state index is 15.7. The predicted octanol–water partition coefficient (Wildman–Crippen LogP) is 4.31. The predicted molar refractivity (Wildman–Crippen MR) is 163 cm³/mol. The Morgan fingerprint density at radius 3 is 2.48 bits per heavy atom. The van der Waals surface area contributed by atoms with E-state index in [4.69, 9.17) is 0 Å². The molecular formula is C32H31F4N7O3. The van der Waals surface area contributed by atoms with Crippen LogP contribution in [-0.2, 0) is 20.6 Å². The molecule has 0 unspecified atom stereocenters. The zero-order chi connectivity index (χ0) is 32.9. The Hall–Kier alpha value is -5.01. The second-order valence-corrected chi connectivity index (χ2v) is 11.5. The van der Waals surface area contributed by atoms with Gasteiger partial charge >= 0.3 is 6.18 Å². The average molecular weight is 638 g/mol. The van der Waals surface area contributed by atoms with Crippen LogP contribution in [0.3, 0.4) is 0 Å². The van der Waals surface area contributed by atoms with Crippen molar-refractivity contribution in [3.05, 3.63) is 78.4 Å². The Morgan fingerprint density at radius 1 is 1.04 bits per heavy atom. The molecule has 2 atom stereocenters. The van der Waals surface area contributed by atoms with Crippen LogP contribution in [-0.4, -0.2) is 78.4 Å². The number of hydrogen-bond donors (Lipinski definition) is 0. The number of nitrogens with zero attached hydrogens (tertiary/aromatic N) is 7. The van der Waals surface area contributed by atoms with Gasteiger partial charge in [0, 0.05) is 75.8 Å². The minimum atomic E-state index is -4.69. The third-order valence-electron chi connectivity index (χ3n) is 8.67. The highest BCUT2D eigenvalue weighted by Crippen LogP contribution is 2.44. The third kappa shape index (κ3) is 5.52. The lowest BCUT2D eigenvalue weighted by molar-refractivity contribution is -0.137. The molecule has 2 saturated heterocycles. The molecule has 3 aromatic rings. The van der Waals surface area contributed by atoms with Crippen molar-refractivity contribution in [1.29, 1.82) is 0 Å². The second kappa shape index (κ2) is 11.7. The molecule has 0 N–H and O–H groups in total. The second-order valence-electron chi connectivity index (χ2n) is 11.5. The summed E-state index contributed by atoms with van der Waals surface area (Å²) < 4.78 is 56.9. The molecule has 1 aromatic carbocycles. The Bertz CT molecular complexity index is 1720. The minimum absolute atomic E-state index is 0.00340. The van der Waals surface area contributed by atoms with Crippen LogP contribution in [0.15, 0.2) is 61.3 Å². The van der Waals surface area contributed by atoms with Gasteiger partial charge in [-0.25, -0.2) is 14.4 Å². The zero-order valence-electron chi connectivity index (χ0n) is 25.2. The molecule has 0 saturated carbocycles. The molecule has 0 radical (unpaired) electrons. The summed E-state index contributed by atoms with van der Waals surface area (Å²) in [5, 5.41) is 0. The first-order chi connectivity index (χ1) is 21.9. The number of pyridine rings is 2. The van der Waals surface area contributed by atoms with Crippen molar-refractivity contribution in [2.45, 2.75) is 25.6 Å². The number of likely N-dealkylation sites (N-methyl/N-ethyl adjacent to an activating group) is 1. The van der Waals surface area contributed by atoms with Gasteiger partial charge in [0.05, 0.1) is 11.3 Å². The summed E-state index contributed by atoms with van der Waals surface area (Å²) in [6.07, 6.45) is -2.00. The number of hydrogen-bond acceptors (Lipinski definition) is 7. The van der Waals surface area contributed by atoms with E-state index in [0.29, 0.717) is 37.7 Å². The lowest BCUT2D eigenvalue weighted by atomic mass is 9.95. The van der Waals surface area contributed by atoms with E-state index in [1.807, 2.05) is 4.90 Å². The third-order valence-corrected chi connectivity index (χ3v) is 8.67. The first-order valence-corrected chi connectivity index (χ1v) is 14.7. The van der Waals surface area contributed by atoms with Gasteiger partial charge in [-0.2, -0.15) is 13.2 Å². The summed E-state index contributed by atoms with van der Waals surface area (Å²) in [6.45, 7) is 6.89. The number of aryl methyl sites for hydroxylation is 1. The van der Waals surface area contributed by atoms with Crippen molar-refractivity contribution in [3.63, 3.8) is 0 Å². The van der Waals surface area contributed by atoms with Crippen LogP contribution in [0.5, 0.6) is 0 Å². The zero-order valence-corrected chi connectivity index (χ0v) is 25.2. The number of piperazine rings is 1. The molecule has 2 fully saturated rings. The Balaban J connectivity index is 1.40. The molecule has 240 valence electrons. The van der Waals surface area contributed by atoms with Gasteiger partial charge < -0.3 is 19.6 Å². The molecule has 0 aliphatic carbocycles. The number of alkyl halides is 3. The average Bonchev–Trinajstić information content (AvgIpc) is 3.36. The van der Waals surface area contributed by atoms with Crippen molar-refractivity contribution < 1.29 is 31.9 Å². The standard InChI is InChI=1S/C32H31F4N7O3/c1-4-27(44)41-12-10-40(11-13-41)25-17-22(8-9-37-25)42-18-20-15-28(45)43(26-16-21(32(34,35)36)14-19(2)38-26)29(20)31(46)39(3)24-7-5-6-23(33)30(24)42/h4-9,14,16-17,20,29H,1,10-13,15,18H2,2-3H3/t20-,29+/m1/s1. The van der Waals surface area contributed by atoms with Gasteiger partial charge in [0.2, 0.25) is 17.7 Å². The van der Waals surface area contributed by atoms with E-state index in [0.717, 1.165) is 17.0 Å². The quantitative estimate of drug-likeness (QED) is 0.311. The molecule has 46 heavy (non-hydrogen) atoms. The monoisotopic (exact) mass is 637 g/mol. The molecule has 5 heterocycles. The fourth-order valence-electron chi connectivity index (χ4n) is 6.44. The maximum Gasteiger partial charge on any atom is 0.416 e. The first-order valence-electron chi connectivity index (χ1n) is 14.7. The van der Waals surface area contributed by atoms with Gasteiger partial charge in [-0.1, -0.05) is 12.6 Å². The van der Waals surface area contributed by atoms with E-state index in [1.54, 1.807) is 34.2 Å². The van der Waals surface area contributed by atoms with Crippen molar-refractivity contribution in [2.24, 2.45) is 5.92 Å². The van der Waals surface area contributed by atoms with Crippen LogP contribution >= 0.6 is 0 Å². The van der Waals surface area contributed by atoms with E-state index in [1.165, 1.54) is 37.1 Å². The number of rotatable bonds is 4. The smallest absolute Gasteiger partial charge is 0.353 e. The summed E-state index contributed by atoms with van der Waals surface area (Å²) in [7, 11) is 1.45. The number of carbonyl (C=O) groups is 3. The Morgan fingerprint density at radius 2 is 1.78 bits per heavy atom. The number of carbonyl (C=O) groups excluding carboxylic acids is 3. The van der Waals surface area contributed by atoms with Gasteiger partial charge in [-0.3, -0.25) is 19.3 Å². The molecule has 0 spiro atoms. The van der Waals surface area contributed by atoms with Crippen molar-refractivity contribution in [2.75, 3.05) is 59.4 Å². The minimum Gasteiger partial charge on any atom is -0.353 e. The summed E-state index contributed by atoms with van der Waals surface area (Å²) in [4.78, 5) is 56.0. The highest BCUT2D eigenvalue weighted by molar-refractivity contribution is 6.10. The van der Waals surface area contributed by atoms with Gasteiger partial charge in [-0.05, 0) is 43.3 Å². The summed E-state index contributed by atoms with van der Waals surface area (Å²) in [6, 6.07) is 8.27. The van der Waals surface area contributed by atoms with Crippen LogP contribution < -0.4 is 19.6 Å². The van der Waals surface area contributed by atoms with Crippen molar-refractivity contribution in [3.8, 4) is 0 Å². The fourth-order valence-corrected chi connectivity index (χ4v) is 6.44. The molecule has 3 aliphatic rings. The largest absolute Gasteiger partial charge is 0.416 e. The van der Waals surface area contributed by atoms with Crippen LogP contribution in [0.1, 0.15) is 17.7 Å². The molecular weight excluding hydrogens is 606 g/mol. The summed E-state index contributed by atoms with van der Waals surface area (Å²) >= 11 is 0. The highest BCUT2D eigenvalue weighted by Gasteiger charge is 2.49. The fraction of sp³-hybridized carbons (Fsp3) is 0.344. The van der Waals surface area contributed by atoms with Crippen molar-refractivity contribution >= 4 is 46.4 Å². The van der Waals surface area contributed by atoms with E-state index in [9.17, 15) is 27.6 Å². The molecule has 3 aliphatic heterocycles. The number of aromatic nitrogens is 2. The Kier molecular flexibility index (Phi) is 7.90. The number of para-hydroxylation sites is 1. The highest BCUT2D eigenvalue weighted by atomic mass is 19.4. The summed E-state index contributed by atoms with van der Waals surface area (Å²) in [5.74, 6) is -2.27.